The molecule has 1 saturated heterocycles. The van der Waals surface area contributed by atoms with Gasteiger partial charge in [-0.2, -0.15) is 0 Å². The normalized spacial score (nSPS) is 13.6. The van der Waals surface area contributed by atoms with Gasteiger partial charge in [0.05, 0.1) is 19.2 Å². The number of amides is 3. The number of carbonyl (C=O) groups is 4. The number of hydrogen-bond acceptors (Lipinski definition) is 6. The molecule has 10 heteroatoms. The Kier molecular flexibility index (Phi) is 8.78. The molecular formula is C24H30N4O6. The summed E-state index contributed by atoms with van der Waals surface area (Å²) < 4.78 is 5.36. The molecule has 0 atom stereocenters. The van der Waals surface area contributed by atoms with Crippen LogP contribution in [0.4, 0.5) is 0 Å². The molecule has 0 unspecified atom stereocenters. The zero-order valence-corrected chi connectivity index (χ0v) is 19.3. The summed E-state index contributed by atoms with van der Waals surface area (Å²) in [6.07, 6.45) is 2.43. The van der Waals surface area contributed by atoms with Crippen molar-refractivity contribution in [3.63, 3.8) is 0 Å². The van der Waals surface area contributed by atoms with E-state index in [4.69, 9.17) is 9.84 Å². The molecule has 2 heterocycles. The molecule has 0 aliphatic carbocycles. The fourth-order valence-electron chi connectivity index (χ4n) is 3.88. The molecule has 2 aromatic rings. The summed E-state index contributed by atoms with van der Waals surface area (Å²) in [6.45, 7) is 1.53. The van der Waals surface area contributed by atoms with Crippen molar-refractivity contribution in [3.05, 3.63) is 36.0 Å². The summed E-state index contributed by atoms with van der Waals surface area (Å²) in [6, 6.07) is 8.88. The van der Waals surface area contributed by atoms with Crippen molar-refractivity contribution in [2.24, 2.45) is 0 Å². The lowest BCUT2D eigenvalue weighted by Crippen LogP contribution is -2.52. The second kappa shape index (κ2) is 12.0. The number of nitrogens with zero attached hydrogens (tertiary/aromatic N) is 3. The Morgan fingerprint density at radius 1 is 0.971 bits per heavy atom. The van der Waals surface area contributed by atoms with Crippen LogP contribution in [0.3, 0.4) is 0 Å². The number of carboxylic acid groups (broad SMARTS) is 1. The van der Waals surface area contributed by atoms with Crippen molar-refractivity contribution in [1.29, 1.82) is 0 Å². The predicted molar refractivity (Wildman–Crippen MR) is 125 cm³/mol. The van der Waals surface area contributed by atoms with Gasteiger partial charge in [0.15, 0.2) is 0 Å². The Morgan fingerprint density at radius 2 is 1.62 bits per heavy atom. The number of fused-ring (bicyclic) bond motifs is 1. The molecule has 0 saturated carbocycles. The van der Waals surface area contributed by atoms with Gasteiger partial charge in [0.1, 0.15) is 11.4 Å². The second-order valence-electron chi connectivity index (χ2n) is 8.13. The van der Waals surface area contributed by atoms with E-state index in [1.54, 1.807) is 21.9 Å². The number of pyridine rings is 1. The number of benzene rings is 1. The number of ether oxygens (including phenoxy) is 1. The number of para-hydroxylation sites is 1. The van der Waals surface area contributed by atoms with Crippen LogP contribution in [0, 0.1) is 0 Å². The number of carboxylic acids is 1. The molecule has 1 aromatic carbocycles. The molecule has 1 aliphatic rings. The number of methoxy groups -OCH3 is 1. The number of rotatable bonds is 10. The first-order valence-corrected chi connectivity index (χ1v) is 11.4. The highest BCUT2D eigenvalue weighted by atomic mass is 16.5. The van der Waals surface area contributed by atoms with E-state index in [0.29, 0.717) is 63.1 Å². The molecule has 0 bridgehead atoms. The summed E-state index contributed by atoms with van der Waals surface area (Å²) in [7, 11) is 1.52. The highest BCUT2D eigenvalue weighted by Gasteiger charge is 2.24. The van der Waals surface area contributed by atoms with Crippen molar-refractivity contribution in [1.82, 2.24) is 20.1 Å². The Morgan fingerprint density at radius 3 is 2.29 bits per heavy atom. The molecule has 1 fully saturated rings. The molecule has 1 aliphatic heterocycles. The topological polar surface area (TPSA) is 129 Å². The molecular weight excluding hydrogens is 440 g/mol. The fourth-order valence-corrected chi connectivity index (χ4v) is 3.88. The largest absolute Gasteiger partial charge is 0.496 e. The SMILES string of the molecule is COc1cc(C(=O)NCC(=O)N2CCN(C(=O)CCCCCC(=O)O)CC2)nc2ccccc12. The highest BCUT2D eigenvalue weighted by molar-refractivity contribution is 5.98. The summed E-state index contributed by atoms with van der Waals surface area (Å²) in [5.74, 6) is -0.954. The summed E-state index contributed by atoms with van der Waals surface area (Å²) in [5.41, 5.74) is 0.795. The number of carbonyl (C=O) groups excluding carboxylic acids is 3. The van der Waals surface area contributed by atoms with Gasteiger partial charge in [-0.15, -0.1) is 0 Å². The first-order valence-electron chi connectivity index (χ1n) is 11.4. The van der Waals surface area contributed by atoms with Crippen molar-refractivity contribution in [2.75, 3.05) is 39.8 Å². The second-order valence-corrected chi connectivity index (χ2v) is 8.13. The van der Waals surface area contributed by atoms with Crippen LogP contribution in [0.15, 0.2) is 30.3 Å². The number of piperazine rings is 1. The van der Waals surface area contributed by atoms with E-state index >= 15 is 0 Å². The number of aromatic nitrogens is 1. The van der Waals surface area contributed by atoms with Gasteiger partial charge in [-0.25, -0.2) is 4.98 Å². The maximum absolute atomic E-state index is 12.6. The van der Waals surface area contributed by atoms with Crippen LogP contribution in [0.25, 0.3) is 10.9 Å². The summed E-state index contributed by atoms with van der Waals surface area (Å²) >= 11 is 0. The van der Waals surface area contributed by atoms with Crippen molar-refractivity contribution >= 4 is 34.6 Å². The van der Waals surface area contributed by atoms with Gasteiger partial charge in [0, 0.05) is 50.5 Å². The third-order valence-electron chi connectivity index (χ3n) is 5.80. The Labute approximate surface area is 197 Å². The van der Waals surface area contributed by atoms with Gasteiger partial charge in [0.25, 0.3) is 5.91 Å². The van der Waals surface area contributed by atoms with E-state index in [2.05, 4.69) is 10.3 Å². The first-order chi connectivity index (χ1) is 16.4. The van der Waals surface area contributed by atoms with E-state index < -0.39 is 11.9 Å². The smallest absolute Gasteiger partial charge is 0.303 e. The maximum atomic E-state index is 12.6. The Hall–Kier alpha value is -3.69. The monoisotopic (exact) mass is 470 g/mol. The quantitative estimate of drug-likeness (QED) is 0.506. The summed E-state index contributed by atoms with van der Waals surface area (Å²) in [5, 5.41) is 12.1. The molecule has 0 radical (unpaired) electrons. The molecule has 34 heavy (non-hydrogen) atoms. The van der Waals surface area contributed by atoms with E-state index in [0.717, 1.165) is 5.39 Å². The van der Waals surface area contributed by atoms with Crippen molar-refractivity contribution < 1.29 is 29.0 Å². The van der Waals surface area contributed by atoms with Crippen LogP contribution in [0.2, 0.25) is 0 Å². The molecule has 0 spiro atoms. The highest BCUT2D eigenvalue weighted by Crippen LogP contribution is 2.24. The molecule has 1 aromatic heterocycles. The predicted octanol–water partition coefficient (Wildman–Crippen LogP) is 1.68. The molecule has 182 valence electrons. The van der Waals surface area contributed by atoms with E-state index in [1.165, 1.54) is 7.11 Å². The zero-order chi connectivity index (χ0) is 24.5. The molecule has 10 nitrogen and oxygen atoms in total. The van der Waals surface area contributed by atoms with Gasteiger partial charge >= 0.3 is 5.97 Å². The molecule has 3 amide bonds. The fraction of sp³-hybridized carbons (Fsp3) is 0.458. The first kappa shape index (κ1) is 24.9. The minimum Gasteiger partial charge on any atom is -0.496 e. The number of hydrogen-bond donors (Lipinski definition) is 2. The lowest BCUT2D eigenvalue weighted by Gasteiger charge is -2.35. The average Bonchev–Trinajstić information content (AvgIpc) is 2.85. The van der Waals surface area contributed by atoms with Crippen LogP contribution in [-0.2, 0) is 14.4 Å². The van der Waals surface area contributed by atoms with Crippen LogP contribution in [0.5, 0.6) is 5.75 Å². The van der Waals surface area contributed by atoms with Gasteiger partial charge in [-0.1, -0.05) is 18.6 Å². The molecule has 3 rings (SSSR count). The van der Waals surface area contributed by atoms with E-state index in [9.17, 15) is 19.2 Å². The number of unbranched alkanes of at least 4 members (excludes halogenated alkanes) is 2. The summed E-state index contributed by atoms with van der Waals surface area (Å²) in [4.78, 5) is 55.7. The van der Waals surface area contributed by atoms with Gasteiger partial charge in [-0.3, -0.25) is 19.2 Å². The van der Waals surface area contributed by atoms with Crippen LogP contribution in [-0.4, -0.2) is 83.4 Å². The Bertz CT molecular complexity index is 1050. The zero-order valence-electron chi connectivity index (χ0n) is 19.3. The lowest BCUT2D eigenvalue weighted by atomic mass is 10.1. The van der Waals surface area contributed by atoms with Gasteiger partial charge in [-0.05, 0) is 25.0 Å². The third-order valence-corrected chi connectivity index (χ3v) is 5.80. The maximum Gasteiger partial charge on any atom is 0.303 e. The standard InChI is InChI=1S/C24H30N4O6/c1-34-20-15-19(26-18-8-6-5-7-17(18)20)24(33)25-16-22(30)28-13-11-27(12-14-28)21(29)9-3-2-4-10-23(31)32/h5-8,15H,2-4,9-14,16H2,1H3,(H,25,33)(H,31,32). The van der Waals surface area contributed by atoms with Crippen molar-refractivity contribution in [3.8, 4) is 5.75 Å². The Balaban J connectivity index is 1.43. The van der Waals surface area contributed by atoms with Crippen LogP contribution >= 0.6 is 0 Å². The van der Waals surface area contributed by atoms with E-state index in [-0.39, 0.29) is 30.5 Å². The minimum atomic E-state index is -0.823. The van der Waals surface area contributed by atoms with Crippen molar-refractivity contribution in [2.45, 2.75) is 32.1 Å². The average molecular weight is 471 g/mol. The third kappa shape index (κ3) is 6.66. The number of aliphatic carboxylic acids is 1. The van der Waals surface area contributed by atoms with Gasteiger partial charge < -0.3 is 25.0 Å². The lowest BCUT2D eigenvalue weighted by molar-refractivity contribution is -0.139. The van der Waals surface area contributed by atoms with E-state index in [1.807, 2.05) is 18.2 Å². The van der Waals surface area contributed by atoms with Gasteiger partial charge in [0.2, 0.25) is 11.8 Å². The minimum absolute atomic E-state index is 0.0204. The number of nitrogens with one attached hydrogen (secondary N) is 1. The van der Waals surface area contributed by atoms with Crippen LogP contribution < -0.4 is 10.1 Å². The van der Waals surface area contributed by atoms with Crippen LogP contribution in [0.1, 0.15) is 42.6 Å². The molecule has 2 N–H and O–H groups in total.